The van der Waals surface area contributed by atoms with Crippen LogP contribution in [0.4, 0.5) is 9.80 Å². The Morgan fingerprint density at radius 1 is 1.19 bits per heavy atom. The number of rotatable bonds is 3. The van der Waals surface area contributed by atoms with Gasteiger partial charge in [-0.1, -0.05) is 30.6 Å². The summed E-state index contributed by atoms with van der Waals surface area (Å²) in [6.45, 7) is 4.10. The van der Waals surface area contributed by atoms with Crippen LogP contribution in [0.5, 0.6) is 0 Å². The summed E-state index contributed by atoms with van der Waals surface area (Å²) < 4.78 is 2.05. The van der Waals surface area contributed by atoms with E-state index in [-0.39, 0.29) is 12.1 Å². The summed E-state index contributed by atoms with van der Waals surface area (Å²) in [6, 6.07) is 6.24. The van der Waals surface area contributed by atoms with Crippen molar-refractivity contribution in [3.63, 3.8) is 0 Å². The fraction of sp³-hybridized carbons (Fsp3) is 0.400. The van der Waals surface area contributed by atoms with E-state index >= 15 is 0 Å². The fourth-order valence-corrected chi connectivity index (χ4v) is 5.00. The zero-order chi connectivity index (χ0) is 18.1. The number of anilines is 1. The summed E-state index contributed by atoms with van der Waals surface area (Å²) >= 11 is 1.54. The number of nitrogens with zero attached hydrogens (tertiary/aromatic N) is 2. The van der Waals surface area contributed by atoms with Crippen molar-refractivity contribution in [2.45, 2.75) is 52.0 Å². The lowest BCUT2D eigenvalue weighted by Gasteiger charge is -2.22. The molecule has 0 saturated heterocycles. The molecule has 6 heteroatoms. The summed E-state index contributed by atoms with van der Waals surface area (Å²) in [4.78, 5) is 18.2. The lowest BCUT2D eigenvalue weighted by Crippen LogP contribution is -2.39. The van der Waals surface area contributed by atoms with Crippen LogP contribution in [-0.2, 0) is 0 Å². The van der Waals surface area contributed by atoms with E-state index in [1.807, 2.05) is 31.5 Å². The first kappa shape index (κ1) is 17.1. The second-order valence-corrected chi connectivity index (χ2v) is 8.06. The van der Waals surface area contributed by atoms with E-state index in [0.717, 1.165) is 39.4 Å². The van der Waals surface area contributed by atoms with Gasteiger partial charge in [-0.05, 0) is 50.5 Å². The third-order valence-corrected chi connectivity index (χ3v) is 5.98. The normalized spacial score (nSPS) is 15.3. The van der Waals surface area contributed by atoms with Gasteiger partial charge in [0.1, 0.15) is 9.83 Å². The Morgan fingerprint density at radius 2 is 1.92 bits per heavy atom. The molecule has 0 unspecified atom stereocenters. The van der Waals surface area contributed by atoms with Gasteiger partial charge in [-0.25, -0.2) is 9.78 Å². The number of nitrogens with one attached hydrogen (secondary N) is 2. The Kier molecular flexibility index (Phi) is 4.68. The van der Waals surface area contributed by atoms with Crippen molar-refractivity contribution in [3.8, 4) is 5.69 Å². The highest BCUT2D eigenvalue weighted by atomic mass is 32.1. The number of aryl methyl sites for hydroxylation is 2. The Hall–Kier alpha value is -2.34. The second-order valence-electron chi connectivity index (χ2n) is 7.06. The first-order valence-corrected chi connectivity index (χ1v) is 10.0. The molecule has 3 heterocycles. The van der Waals surface area contributed by atoms with E-state index in [9.17, 15) is 4.79 Å². The molecule has 0 aliphatic heterocycles. The quantitative estimate of drug-likeness (QED) is 0.671. The van der Waals surface area contributed by atoms with Crippen LogP contribution < -0.4 is 10.6 Å². The monoisotopic (exact) mass is 368 g/mol. The van der Waals surface area contributed by atoms with Crippen molar-refractivity contribution < 1.29 is 4.79 Å². The number of aromatic nitrogens is 2. The molecule has 3 aromatic rings. The average molecular weight is 369 g/mol. The van der Waals surface area contributed by atoms with Crippen molar-refractivity contribution in [3.05, 3.63) is 41.9 Å². The molecule has 5 nitrogen and oxygen atoms in total. The Morgan fingerprint density at radius 3 is 2.65 bits per heavy atom. The smallest absolute Gasteiger partial charge is 0.320 e. The van der Waals surface area contributed by atoms with Gasteiger partial charge in [-0.3, -0.25) is 5.32 Å². The van der Waals surface area contributed by atoms with E-state index in [1.54, 1.807) is 0 Å². The van der Waals surface area contributed by atoms with Gasteiger partial charge in [0.2, 0.25) is 0 Å². The van der Waals surface area contributed by atoms with E-state index in [1.165, 1.54) is 36.2 Å². The summed E-state index contributed by atoms with van der Waals surface area (Å²) in [5, 5.41) is 8.17. The molecular weight excluding hydrogens is 344 g/mol. The molecule has 0 atom stereocenters. The molecule has 1 saturated carbocycles. The molecule has 1 aliphatic rings. The Bertz CT molecular complexity index is 923. The van der Waals surface area contributed by atoms with Crippen LogP contribution >= 0.6 is 11.3 Å². The molecule has 1 aliphatic carbocycles. The molecule has 0 spiro atoms. The lowest BCUT2D eigenvalue weighted by molar-refractivity contribution is 0.244. The summed E-state index contributed by atoms with van der Waals surface area (Å²) in [5.74, 6) is 0. The molecule has 136 valence electrons. The molecule has 2 N–H and O–H groups in total. The van der Waals surface area contributed by atoms with Gasteiger partial charge in [0.05, 0.1) is 5.69 Å². The number of carbonyl (C=O) groups is 1. The molecule has 2 amide bonds. The maximum atomic E-state index is 12.6. The van der Waals surface area contributed by atoms with E-state index < -0.39 is 0 Å². The molecule has 0 aromatic carbocycles. The van der Waals surface area contributed by atoms with Crippen LogP contribution in [0.3, 0.4) is 0 Å². The number of hydrogen-bond acceptors (Lipinski definition) is 3. The van der Waals surface area contributed by atoms with Crippen molar-refractivity contribution in [2.24, 2.45) is 0 Å². The number of urea groups is 1. The fourth-order valence-electron chi connectivity index (χ4n) is 3.81. The van der Waals surface area contributed by atoms with Gasteiger partial charge < -0.3 is 9.88 Å². The Balaban J connectivity index is 1.68. The molecule has 26 heavy (non-hydrogen) atoms. The van der Waals surface area contributed by atoms with Crippen molar-refractivity contribution in [1.82, 2.24) is 14.9 Å². The first-order chi connectivity index (χ1) is 12.6. The number of amides is 2. The number of carbonyl (C=O) groups excluding carboxylic acids is 1. The average Bonchev–Trinajstić information content (AvgIpc) is 3.22. The Labute approximate surface area is 157 Å². The minimum absolute atomic E-state index is 0.119. The summed E-state index contributed by atoms with van der Waals surface area (Å²) in [7, 11) is 0. The standard InChI is InChI=1S/C20H24N4OS/c1-13-12-14(2)21-18-16(13)17(24-10-6-7-11-24)19(26-18)23-20(25)22-15-8-4-3-5-9-15/h6-7,10-12,15H,3-5,8-9H2,1-2H3,(H2,22,23,25). The van der Waals surface area contributed by atoms with Crippen LogP contribution in [0, 0.1) is 13.8 Å². The van der Waals surface area contributed by atoms with E-state index in [2.05, 4.69) is 33.2 Å². The highest BCUT2D eigenvalue weighted by molar-refractivity contribution is 7.23. The maximum Gasteiger partial charge on any atom is 0.320 e. The molecule has 3 aromatic heterocycles. The number of pyridine rings is 1. The van der Waals surface area contributed by atoms with E-state index in [4.69, 9.17) is 0 Å². The first-order valence-electron chi connectivity index (χ1n) is 9.23. The predicted octanol–water partition coefficient (Wildman–Crippen LogP) is 5.16. The second kappa shape index (κ2) is 7.11. The van der Waals surface area contributed by atoms with Gasteiger partial charge in [-0.15, -0.1) is 0 Å². The zero-order valence-corrected chi connectivity index (χ0v) is 16.0. The van der Waals surface area contributed by atoms with Gasteiger partial charge in [-0.2, -0.15) is 0 Å². The molecule has 1 fully saturated rings. The van der Waals surface area contributed by atoms with Crippen molar-refractivity contribution >= 4 is 32.6 Å². The van der Waals surface area contributed by atoms with Gasteiger partial charge in [0, 0.05) is 29.5 Å². The topological polar surface area (TPSA) is 59.0 Å². The third-order valence-electron chi connectivity index (χ3n) is 4.99. The van der Waals surface area contributed by atoms with Crippen LogP contribution in [-0.4, -0.2) is 21.6 Å². The van der Waals surface area contributed by atoms with Gasteiger partial charge in [0.25, 0.3) is 0 Å². The van der Waals surface area contributed by atoms with Gasteiger partial charge in [0.15, 0.2) is 0 Å². The minimum atomic E-state index is -0.119. The number of thiophene rings is 1. The summed E-state index contributed by atoms with van der Waals surface area (Å²) in [6.07, 6.45) is 9.83. The molecule has 0 radical (unpaired) electrons. The highest BCUT2D eigenvalue weighted by Gasteiger charge is 2.21. The largest absolute Gasteiger partial charge is 0.335 e. The molecule has 4 rings (SSSR count). The van der Waals surface area contributed by atoms with Crippen molar-refractivity contribution in [2.75, 3.05) is 5.32 Å². The molecular formula is C20H24N4OS. The minimum Gasteiger partial charge on any atom is -0.335 e. The van der Waals surface area contributed by atoms with Crippen LogP contribution in [0.25, 0.3) is 15.9 Å². The predicted molar refractivity (Wildman–Crippen MR) is 107 cm³/mol. The zero-order valence-electron chi connectivity index (χ0n) is 15.2. The summed E-state index contributed by atoms with van der Waals surface area (Å²) in [5.41, 5.74) is 3.17. The van der Waals surface area contributed by atoms with Gasteiger partial charge >= 0.3 is 6.03 Å². The third kappa shape index (κ3) is 3.33. The highest BCUT2D eigenvalue weighted by Crippen LogP contribution is 2.39. The van der Waals surface area contributed by atoms with Crippen LogP contribution in [0.1, 0.15) is 43.4 Å². The lowest BCUT2D eigenvalue weighted by atomic mass is 9.96. The van der Waals surface area contributed by atoms with Crippen LogP contribution in [0.15, 0.2) is 30.6 Å². The molecule has 0 bridgehead atoms. The van der Waals surface area contributed by atoms with Crippen molar-refractivity contribution in [1.29, 1.82) is 0 Å². The SMILES string of the molecule is Cc1cc(C)c2c(-n3cccc3)c(NC(=O)NC3CCCCC3)sc2n1. The van der Waals surface area contributed by atoms with E-state index in [0.29, 0.717) is 0 Å². The number of hydrogen-bond donors (Lipinski definition) is 2. The number of fused-ring (bicyclic) bond motifs is 1. The van der Waals surface area contributed by atoms with Crippen LogP contribution in [0.2, 0.25) is 0 Å². The maximum absolute atomic E-state index is 12.6.